The number of hydrogen-bond donors (Lipinski definition) is 1. The van der Waals surface area contributed by atoms with Gasteiger partial charge in [-0.05, 0) is 51.5 Å². The van der Waals surface area contributed by atoms with Gasteiger partial charge in [0.2, 0.25) is 0 Å². The van der Waals surface area contributed by atoms with Gasteiger partial charge in [-0.25, -0.2) is 0 Å². The van der Waals surface area contributed by atoms with Gasteiger partial charge >= 0.3 is 0 Å². The molecule has 0 aromatic carbocycles. The van der Waals surface area contributed by atoms with Crippen molar-refractivity contribution in [2.75, 3.05) is 0 Å². The van der Waals surface area contributed by atoms with Gasteiger partial charge in [0, 0.05) is 17.0 Å². The monoisotopic (exact) mass is 281 g/mol. The van der Waals surface area contributed by atoms with Crippen LogP contribution < -0.4 is 5.32 Å². The molecule has 1 N–H and O–H groups in total. The van der Waals surface area contributed by atoms with Gasteiger partial charge in [0.05, 0.1) is 11.2 Å². The highest BCUT2D eigenvalue weighted by molar-refractivity contribution is 7.10. The number of thiophene rings is 1. The fourth-order valence-corrected chi connectivity index (χ4v) is 4.07. The number of rotatable bonds is 4. The predicted molar refractivity (Wildman–Crippen MR) is 82.7 cm³/mol. The van der Waals surface area contributed by atoms with Crippen LogP contribution in [0.1, 0.15) is 58.9 Å². The molecule has 2 nitrogen and oxygen atoms in total. The zero-order chi connectivity index (χ0) is 14.3. The normalized spacial score (nSPS) is 26.8. The van der Waals surface area contributed by atoms with Crippen molar-refractivity contribution in [2.45, 2.75) is 71.2 Å². The molecule has 0 amide bonds. The van der Waals surface area contributed by atoms with E-state index < -0.39 is 0 Å². The average Bonchev–Trinajstić information content (AvgIpc) is 2.80. The van der Waals surface area contributed by atoms with E-state index in [4.69, 9.17) is 4.74 Å². The minimum absolute atomic E-state index is 0.0296. The molecule has 1 aliphatic rings. The standard InChI is InChI=1S/C16H27NOS/c1-11(2)14(12-8-7-9-19-12)17-13-10-15(3,4)18-16(13,5)6/h7-9,11,13-14,17H,10H2,1-6H3. The Bertz CT molecular complexity index is 408. The van der Waals surface area contributed by atoms with Gasteiger partial charge in [-0.15, -0.1) is 11.3 Å². The molecule has 1 fully saturated rings. The van der Waals surface area contributed by atoms with E-state index in [0.717, 1.165) is 6.42 Å². The first-order valence-corrected chi connectivity index (χ1v) is 8.09. The molecular weight excluding hydrogens is 254 g/mol. The van der Waals surface area contributed by atoms with Gasteiger partial charge in [0.1, 0.15) is 0 Å². The lowest BCUT2D eigenvalue weighted by molar-refractivity contribution is -0.0707. The first kappa shape index (κ1) is 15.0. The summed E-state index contributed by atoms with van der Waals surface area (Å²) in [6.45, 7) is 13.3. The summed E-state index contributed by atoms with van der Waals surface area (Å²) >= 11 is 1.84. The molecule has 0 aliphatic carbocycles. The molecular formula is C16H27NOS. The highest BCUT2D eigenvalue weighted by Gasteiger charge is 2.46. The summed E-state index contributed by atoms with van der Waals surface area (Å²) in [5, 5.41) is 6.01. The smallest absolute Gasteiger partial charge is 0.0787 e. The molecule has 0 saturated carbocycles. The second kappa shape index (κ2) is 5.19. The van der Waals surface area contributed by atoms with Gasteiger partial charge in [-0.2, -0.15) is 0 Å². The van der Waals surface area contributed by atoms with Gasteiger partial charge in [-0.3, -0.25) is 0 Å². The second-order valence-electron chi connectivity index (χ2n) is 7.13. The van der Waals surface area contributed by atoms with Gasteiger partial charge in [0.25, 0.3) is 0 Å². The van der Waals surface area contributed by atoms with Crippen molar-refractivity contribution < 1.29 is 4.74 Å². The third-order valence-corrected chi connectivity index (χ3v) is 4.93. The fourth-order valence-electron chi connectivity index (χ4n) is 3.11. The van der Waals surface area contributed by atoms with Crippen LogP contribution in [0.4, 0.5) is 0 Å². The summed E-state index contributed by atoms with van der Waals surface area (Å²) < 4.78 is 6.19. The van der Waals surface area contributed by atoms with Crippen LogP contribution >= 0.6 is 11.3 Å². The van der Waals surface area contributed by atoms with Crippen molar-refractivity contribution >= 4 is 11.3 Å². The minimum Gasteiger partial charge on any atom is -0.368 e. The van der Waals surface area contributed by atoms with E-state index in [9.17, 15) is 0 Å². The van der Waals surface area contributed by atoms with E-state index in [-0.39, 0.29) is 11.2 Å². The molecule has 19 heavy (non-hydrogen) atoms. The molecule has 108 valence electrons. The molecule has 3 heteroatoms. The van der Waals surface area contributed by atoms with Crippen molar-refractivity contribution in [1.82, 2.24) is 5.32 Å². The first-order valence-electron chi connectivity index (χ1n) is 7.21. The number of hydrogen-bond acceptors (Lipinski definition) is 3. The summed E-state index contributed by atoms with van der Waals surface area (Å²) in [6, 6.07) is 5.19. The Labute approximate surface area is 121 Å². The molecule has 1 aromatic rings. The molecule has 2 rings (SSSR count). The van der Waals surface area contributed by atoms with Crippen molar-refractivity contribution in [3.05, 3.63) is 22.4 Å². The third-order valence-electron chi connectivity index (χ3n) is 3.97. The van der Waals surface area contributed by atoms with Crippen LogP contribution in [0.25, 0.3) is 0 Å². The van der Waals surface area contributed by atoms with E-state index in [1.165, 1.54) is 4.88 Å². The lowest BCUT2D eigenvalue weighted by Gasteiger charge is -2.32. The Morgan fingerprint density at radius 3 is 2.42 bits per heavy atom. The first-order chi connectivity index (χ1) is 8.71. The van der Waals surface area contributed by atoms with Crippen molar-refractivity contribution in [2.24, 2.45) is 5.92 Å². The molecule has 2 unspecified atom stereocenters. The minimum atomic E-state index is -0.103. The third kappa shape index (κ3) is 3.39. The van der Waals surface area contributed by atoms with Crippen molar-refractivity contribution in [3.63, 3.8) is 0 Å². The van der Waals surface area contributed by atoms with Gasteiger partial charge in [0.15, 0.2) is 0 Å². The summed E-state index contributed by atoms with van der Waals surface area (Å²) in [5.74, 6) is 0.582. The quantitative estimate of drug-likeness (QED) is 0.884. The summed E-state index contributed by atoms with van der Waals surface area (Å²) in [7, 11) is 0. The maximum absolute atomic E-state index is 6.19. The number of nitrogens with one attached hydrogen (secondary N) is 1. The van der Waals surface area contributed by atoms with Crippen LogP contribution in [0.15, 0.2) is 17.5 Å². The van der Waals surface area contributed by atoms with Crippen molar-refractivity contribution in [1.29, 1.82) is 0 Å². The summed E-state index contributed by atoms with van der Waals surface area (Å²) in [4.78, 5) is 1.43. The van der Waals surface area contributed by atoms with Crippen molar-refractivity contribution in [3.8, 4) is 0 Å². The maximum atomic E-state index is 6.19. The fraction of sp³-hybridized carbons (Fsp3) is 0.750. The Morgan fingerprint density at radius 1 is 1.32 bits per heavy atom. The lowest BCUT2D eigenvalue weighted by atomic mass is 9.91. The Hall–Kier alpha value is -0.380. The molecule has 2 atom stereocenters. The molecule has 1 aromatic heterocycles. The molecule has 1 aliphatic heterocycles. The second-order valence-corrected chi connectivity index (χ2v) is 8.10. The highest BCUT2D eigenvalue weighted by Crippen LogP contribution is 2.39. The zero-order valence-electron chi connectivity index (χ0n) is 13.0. The van der Waals surface area contributed by atoms with E-state index in [1.807, 2.05) is 11.3 Å². The summed E-state index contributed by atoms with van der Waals surface area (Å²) in [6.07, 6.45) is 1.06. The van der Waals surface area contributed by atoms with E-state index in [0.29, 0.717) is 18.0 Å². The van der Waals surface area contributed by atoms with Crippen LogP contribution in [0.2, 0.25) is 0 Å². The molecule has 1 saturated heterocycles. The Balaban J connectivity index is 2.14. The predicted octanol–water partition coefficient (Wildman–Crippen LogP) is 4.38. The molecule has 0 radical (unpaired) electrons. The molecule has 2 heterocycles. The topological polar surface area (TPSA) is 21.3 Å². The number of ether oxygens (including phenoxy) is 1. The van der Waals surface area contributed by atoms with Crippen LogP contribution in [0.5, 0.6) is 0 Å². The van der Waals surface area contributed by atoms with E-state index >= 15 is 0 Å². The molecule has 0 spiro atoms. The maximum Gasteiger partial charge on any atom is 0.0787 e. The van der Waals surface area contributed by atoms with E-state index in [2.05, 4.69) is 64.4 Å². The van der Waals surface area contributed by atoms with Crippen LogP contribution in [-0.4, -0.2) is 17.2 Å². The van der Waals surface area contributed by atoms with Gasteiger partial charge < -0.3 is 10.1 Å². The molecule has 0 bridgehead atoms. The van der Waals surface area contributed by atoms with Gasteiger partial charge in [-0.1, -0.05) is 19.9 Å². The van der Waals surface area contributed by atoms with Crippen LogP contribution in [-0.2, 0) is 4.74 Å². The largest absolute Gasteiger partial charge is 0.368 e. The Morgan fingerprint density at radius 2 is 2.00 bits per heavy atom. The van der Waals surface area contributed by atoms with Crippen LogP contribution in [0.3, 0.4) is 0 Å². The summed E-state index contributed by atoms with van der Waals surface area (Å²) in [5.41, 5.74) is -0.133. The Kier molecular flexibility index (Phi) is 4.10. The van der Waals surface area contributed by atoms with E-state index in [1.54, 1.807) is 0 Å². The SMILES string of the molecule is CC(C)C(NC1CC(C)(C)OC1(C)C)c1cccs1. The highest BCUT2D eigenvalue weighted by atomic mass is 32.1. The zero-order valence-corrected chi connectivity index (χ0v) is 13.8. The van der Waals surface area contributed by atoms with Crippen LogP contribution in [0, 0.1) is 5.92 Å². The lowest BCUT2D eigenvalue weighted by Crippen LogP contribution is -2.45. The average molecular weight is 281 g/mol.